The van der Waals surface area contributed by atoms with Crippen LogP contribution in [0.25, 0.3) is 11.1 Å². The molecule has 3 rings (SSSR count). The Morgan fingerprint density at radius 3 is 2.45 bits per heavy atom. The number of benzene rings is 1. The normalized spacial score (nSPS) is 10.7. The molecular weight excluding hydrogens is 414 g/mol. The number of nitrogens with zero attached hydrogens (tertiary/aromatic N) is 5. The number of halogens is 1. The molecule has 8 heteroatoms. The first-order valence-corrected chi connectivity index (χ1v) is 9.79. The van der Waals surface area contributed by atoms with Crippen molar-refractivity contribution in [3.63, 3.8) is 0 Å². The van der Waals surface area contributed by atoms with Crippen molar-refractivity contribution in [2.45, 2.75) is 20.0 Å². The van der Waals surface area contributed by atoms with Gasteiger partial charge in [-0.3, -0.25) is 0 Å². The molecule has 7 nitrogen and oxygen atoms in total. The van der Waals surface area contributed by atoms with Gasteiger partial charge in [-0.2, -0.15) is 10.5 Å². The maximum atomic E-state index is 11.4. The molecule has 156 valence electrons. The zero-order valence-corrected chi connectivity index (χ0v) is 18.1. The molecule has 0 bridgehead atoms. The summed E-state index contributed by atoms with van der Waals surface area (Å²) in [4.78, 5) is 17.4. The fourth-order valence-corrected chi connectivity index (χ4v) is 3.76. The third-order valence-corrected chi connectivity index (χ3v) is 5.28. The number of aromatic carboxylic acids is 1. The summed E-state index contributed by atoms with van der Waals surface area (Å²) in [6.07, 6.45) is 1.54. The van der Waals surface area contributed by atoms with Crippen LogP contribution in [0.2, 0.25) is 5.15 Å². The number of hydrogen-bond acceptors (Lipinski definition) is 5. The molecule has 3 aromatic rings. The van der Waals surface area contributed by atoms with Gasteiger partial charge in [0.15, 0.2) is 0 Å². The van der Waals surface area contributed by atoms with Crippen LogP contribution in [0.1, 0.15) is 38.4 Å². The third-order valence-electron chi connectivity index (χ3n) is 4.98. The van der Waals surface area contributed by atoms with E-state index in [9.17, 15) is 15.2 Å². The van der Waals surface area contributed by atoms with Gasteiger partial charge < -0.3 is 14.6 Å². The van der Waals surface area contributed by atoms with Crippen molar-refractivity contribution in [2.24, 2.45) is 0 Å². The largest absolute Gasteiger partial charge is 0.478 e. The topological polar surface area (TPSA) is 106 Å². The van der Waals surface area contributed by atoms with E-state index in [1.165, 1.54) is 6.07 Å². The van der Waals surface area contributed by atoms with Gasteiger partial charge in [0, 0.05) is 30.5 Å². The van der Waals surface area contributed by atoms with Gasteiger partial charge in [-0.15, -0.1) is 0 Å². The molecule has 2 aromatic heterocycles. The quantitative estimate of drug-likeness (QED) is 0.587. The Labute approximate surface area is 185 Å². The highest BCUT2D eigenvalue weighted by Gasteiger charge is 2.23. The molecular formula is C23H20ClN5O2. The Balaban J connectivity index is 2.18. The predicted octanol–water partition coefficient (Wildman–Crippen LogP) is 4.06. The van der Waals surface area contributed by atoms with Gasteiger partial charge in [-0.25, -0.2) is 9.78 Å². The van der Waals surface area contributed by atoms with Crippen molar-refractivity contribution < 1.29 is 9.90 Å². The molecule has 0 saturated carbocycles. The second kappa shape index (κ2) is 9.01. The summed E-state index contributed by atoms with van der Waals surface area (Å²) in [5.41, 5.74) is 5.01. The Hall–Kier alpha value is -3.65. The molecule has 0 atom stereocenters. The minimum Gasteiger partial charge on any atom is -0.478 e. The van der Waals surface area contributed by atoms with Crippen LogP contribution in [0.15, 0.2) is 36.5 Å². The van der Waals surface area contributed by atoms with E-state index in [0.717, 1.165) is 22.5 Å². The highest BCUT2D eigenvalue weighted by Crippen LogP contribution is 2.33. The zero-order chi connectivity index (χ0) is 22.7. The maximum absolute atomic E-state index is 11.4. The van der Waals surface area contributed by atoms with Crippen LogP contribution < -0.4 is 0 Å². The van der Waals surface area contributed by atoms with E-state index in [1.807, 2.05) is 42.6 Å². The standard InChI is InChI=1S/C23H20ClN5O2/c1-14-21(17-6-4-15(9-25)5-7-17)19(10-26)20(13-28(2)3)29(14)12-16-8-18(23(30)31)22(24)27-11-16/h4-8,11H,12-13H2,1-3H3,(H,30,31). The lowest BCUT2D eigenvalue weighted by atomic mass is 10.00. The second-order valence-corrected chi connectivity index (χ2v) is 7.75. The number of aromatic nitrogens is 2. The van der Waals surface area contributed by atoms with E-state index >= 15 is 0 Å². The predicted molar refractivity (Wildman–Crippen MR) is 117 cm³/mol. The number of pyridine rings is 1. The summed E-state index contributed by atoms with van der Waals surface area (Å²) in [5.74, 6) is -1.15. The molecule has 0 saturated heterocycles. The second-order valence-electron chi connectivity index (χ2n) is 7.39. The minimum atomic E-state index is -1.15. The zero-order valence-electron chi connectivity index (χ0n) is 17.3. The Bertz CT molecular complexity index is 1230. The molecule has 2 heterocycles. The molecule has 0 unspecified atom stereocenters. The molecule has 0 amide bonds. The van der Waals surface area contributed by atoms with Gasteiger partial charge in [-0.1, -0.05) is 23.7 Å². The number of nitriles is 2. The van der Waals surface area contributed by atoms with Crippen molar-refractivity contribution in [2.75, 3.05) is 14.1 Å². The van der Waals surface area contributed by atoms with Gasteiger partial charge in [0.2, 0.25) is 0 Å². The molecule has 0 aliphatic rings. The highest BCUT2D eigenvalue weighted by atomic mass is 35.5. The number of rotatable bonds is 6. The van der Waals surface area contributed by atoms with Crippen molar-refractivity contribution >= 4 is 17.6 Å². The van der Waals surface area contributed by atoms with Crippen molar-refractivity contribution in [1.82, 2.24) is 14.5 Å². The summed E-state index contributed by atoms with van der Waals surface area (Å²) in [7, 11) is 3.84. The van der Waals surface area contributed by atoms with E-state index in [-0.39, 0.29) is 10.7 Å². The number of carboxylic acids is 1. The van der Waals surface area contributed by atoms with Crippen LogP contribution in [0.3, 0.4) is 0 Å². The summed E-state index contributed by atoms with van der Waals surface area (Å²) in [6.45, 7) is 2.78. The first kappa shape index (κ1) is 22.0. The molecule has 0 aliphatic heterocycles. The van der Waals surface area contributed by atoms with E-state index in [4.69, 9.17) is 16.9 Å². The minimum absolute atomic E-state index is 0.0639. The number of hydrogen-bond donors (Lipinski definition) is 1. The Kier molecular flexibility index (Phi) is 6.41. The van der Waals surface area contributed by atoms with E-state index in [0.29, 0.717) is 29.8 Å². The van der Waals surface area contributed by atoms with Gasteiger partial charge in [0.25, 0.3) is 0 Å². The van der Waals surface area contributed by atoms with Gasteiger partial charge in [0.1, 0.15) is 11.2 Å². The Morgan fingerprint density at radius 2 is 1.90 bits per heavy atom. The molecule has 0 aliphatic carbocycles. The number of carboxylic acid groups (broad SMARTS) is 1. The monoisotopic (exact) mass is 433 g/mol. The van der Waals surface area contributed by atoms with Gasteiger partial charge in [-0.05, 0) is 50.3 Å². The lowest BCUT2D eigenvalue weighted by Crippen LogP contribution is -2.17. The fraction of sp³-hybridized carbons (Fsp3) is 0.217. The van der Waals surface area contributed by atoms with E-state index < -0.39 is 5.97 Å². The van der Waals surface area contributed by atoms with Crippen LogP contribution in [0, 0.1) is 29.6 Å². The SMILES string of the molecule is Cc1c(-c2ccc(C#N)cc2)c(C#N)c(CN(C)C)n1Cc1cnc(Cl)c(C(=O)O)c1. The fourth-order valence-electron chi connectivity index (χ4n) is 3.57. The molecule has 0 fully saturated rings. The van der Waals surface area contributed by atoms with Crippen molar-refractivity contribution in [1.29, 1.82) is 10.5 Å². The molecule has 1 aromatic carbocycles. The summed E-state index contributed by atoms with van der Waals surface area (Å²) < 4.78 is 2.00. The molecule has 31 heavy (non-hydrogen) atoms. The average molecular weight is 434 g/mol. The average Bonchev–Trinajstić information content (AvgIpc) is 2.99. The third kappa shape index (κ3) is 4.44. The van der Waals surface area contributed by atoms with Crippen molar-refractivity contribution in [3.8, 4) is 23.3 Å². The molecule has 0 spiro atoms. The highest BCUT2D eigenvalue weighted by molar-refractivity contribution is 6.32. The van der Waals surface area contributed by atoms with Gasteiger partial charge in [0.05, 0.1) is 28.5 Å². The lowest BCUT2D eigenvalue weighted by Gasteiger charge is -2.16. The maximum Gasteiger partial charge on any atom is 0.338 e. The van der Waals surface area contributed by atoms with E-state index in [1.54, 1.807) is 18.3 Å². The summed E-state index contributed by atoms with van der Waals surface area (Å²) in [6, 6.07) is 13.1. The van der Waals surface area contributed by atoms with Gasteiger partial charge >= 0.3 is 5.97 Å². The lowest BCUT2D eigenvalue weighted by molar-refractivity contribution is 0.0696. The molecule has 1 N–H and O–H groups in total. The first-order valence-electron chi connectivity index (χ1n) is 9.41. The van der Waals surface area contributed by atoms with Crippen LogP contribution in [0.5, 0.6) is 0 Å². The smallest absolute Gasteiger partial charge is 0.338 e. The Morgan fingerprint density at radius 1 is 1.23 bits per heavy atom. The van der Waals surface area contributed by atoms with E-state index in [2.05, 4.69) is 17.1 Å². The number of carbonyl (C=O) groups is 1. The molecule has 0 radical (unpaired) electrons. The summed E-state index contributed by atoms with van der Waals surface area (Å²) in [5, 5.41) is 28.4. The first-order chi connectivity index (χ1) is 14.8. The van der Waals surface area contributed by atoms with Crippen molar-refractivity contribution in [3.05, 3.63) is 75.3 Å². The van der Waals surface area contributed by atoms with Crippen LogP contribution in [-0.2, 0) is 13.1 Å². The van der Waals surface area contributed by atoms with Crippen LogP contribution in [-0.4, -0.2) is 39.6 Å². The van der Waals surface area contributed by atoms with Crippen LogP contribution in [0.4, 0.5) is 0 Å². The summed E-state index contributed by atoms with van der Waals surface area (Å²) >= 11 is 5.91. The van der Waals surface area contributed by atoms with Crippen LogP contribution >= 0.6 is 11.6 Å².